The number of pyridine rings is 1. The van der Waals surface area contributed by atoms with Crippen LogP contribution in [0.3, 0.4) is 0 Å². The van der Waals surface area contributed by atoms with Gasteiger partial charge < -0.3 is 14.0 Å². The summed E-state index contributed by atoms with van der Waals surface area (Å²) in [5.74, 6) is 2.23. The van der Waals surface area contributed by atoms with Gasteiger partial charge in [-0.15, -0.1) is 53.6 Å². The summed E-state index contributed by atoms with van der Waals surface area (Å²) in [5, 5.41) is 3.71. The van der Waals surface area contributed by atoms with Gasteiger partial charge in [-0.25, -0.2) is 0 Å². The minimum absolute atomic E-state index is 0. The summed E-state index contributed by atoms with van der Waals surface area (Å²) < 4.78 is 8.59. The predicted octanol–water partition coefficient (Wildman–Crippen LogP) is 14.0. The Kier molecular flexibility index (Phi) is 12.2. The van der Waals surface area contributed by atoms with Gasteiger partial charge >= 0.3 is 0 Å². The van der Waals surface area contributed by atoms with Crippen LogP contribution in [0, 0.1) is 18.1 Å². The zero-order chi connectivity index (χ0) is 40.5. The summed E-state index contributed by atoms with van der Waals surface area (Å²) in [6, 6.07) is 55.2. The first-order chi connectivity index (χ1) is 28.7. The maximum absolute atomic E-state index is 6.36. The molecule has 1 aliphatic carbocycles. The van der Waals surface area contributed by atoms with Crippen molar-refractivity contribution in [1.82, 2.24) is 14.5 Å². The average molecular weight is 978 g/mol. The number of nitrogens with zero attached hydrogens (tertiary/aromatic N) is 3. The molecule has 1 aliphatic rings. The zero-order valence-electron chi connectivity index (χ0n) is 35.1. The quantitative estimate of drug-likeness (QED) is 0.113. The topological polar surface area (TPSA) is 43.9 Å². The van der Waals surface area contributed by atoms with Crippen LogP contribution in [0.4, 0.5) is 0 Å². The van der Waals surface area contributed by atoms with E-state index in [4.69, 9.17) is 14.4 Å². The first-order valence-corrected chi connectivity index (χ1v) is 24.7. The molecule has 0 spiro atoms. The molecular formula is C54H51IrN3OSi-2. The Morgan fingerprint density at radius 3 is 2.28 bits per heavy atom. The Labute approximate surface area is 369 Å². The molecule has 3 aromatic heterocycles. The van der Waals surface area contributed by atoms with Gasteiger partial charge in [-0.05, 0) is 53.0 Å². The fraction of sp³-hybridized carbons (Fsp3) is 0.222. The minimum Gasteiger partial charge on any atom is -0.501 e. The van der Waals surface area contributed by atoms with Crippen molar-refractivity contribution in [3.8, 4) is 39.5 Å². The van der Waals surface area contributed by atoms with Crippen molar-refractivity contribution in [3.05, 3.63) is 169 Å². The molecule has 9 aromatic rings. The molecule has 6 heteroatoms. The normalized spacial score (nSPS) is 13.2. The van der Waals surface area contributed by atoms with Crippen LogP contribution in [-0.2, 0) is 26.5 Å². The van der Waals surface area contributed by atoms with Crippen molar-refractivity contribution < 1.29 is 24.5 Å². The number of hydrogen-bond donors (Lipinski definition) is 0. The Hall–Kier alpha value is -5.39. The molecule has 0 atom stereocenters. The molecule has 0 amide bonds. The van der Waals surface area contributed by atoms with E-state index in [0.717, 1.165) is 78.3 Å². The summed E-state index contributed by atoms with van der Waals surface area (Å²) in [7, 11) is -1.37. The zero-order valence-corrected chi connectivity index (χ0v) is 38.5. The van der Waals surface area contributed by atoms with Crippen LogP contribution in [0.5, 0.6) is 0 Å². The Morgan fingerprint density at radius 2 is 1.52 bits per heavy atom. The van der Waals surface area contributed by atoms with E-state index in [-0.39, 0.29) is 20.1 Å². The van der Waals surface area contributed by atoms with Gasteiger partial charge in [0.1, 0.15) is 5.58 Å². The van der Waals surface area contributed by atoms with E-state index in [0.29, 0.717) is 5.92 Å². The maximum atomic E-state index is 6.36. The largest absolute Gasteiger partial charge is 0.501 e. The number of para-hydroxylation sites is 4. The minimum atomic E-state index is -1.37. The third-order valence-corrected chi connectivity index (χ3v) is 14.0. The Balaban J connectivity index is 0.000000172. The number of furan rings is 1. The van der Waals surface area contributed by atoms with Crippen LogP contribution in [0.2, 0.25) is 19.6 Å². The van der Waals surface area contributed by atoms with Gasteiger partial charge in [0, 0.05) is 42.9 Å². The van der Waals surface area contributed by atoms with Gasteiger partial charge in [0.15, 0.2) is 0 Å². The van der Waals surface area contributed by atoms with Crippen LogP contribution < -0.4 is 5.19 Å². The van der Waals surface area contributed by atoms with Gasteiger partial charge in [0.05, 0.1) is 30.5 Å². The number of hydrogen-bond acceptors (Lipinski definition) is 3. The van der Waals surface area contributed by atoms with Crippen molar-refractivity contribution in [2.45, 2.75) is 71.5 Å². The molecule has 3 heterocycles. The molecule has 1 fully saturated rings. The molecule has 1 radical (unpaired) electrons. The van der Waals surface area contributed by atoms with E-state index in [1.165, 1.54) is 37.7 Å². The third-order valence-electron chi connectivity index (χ3n) is 11.9. The van der Waals surface area contributed by atoms with Gasteiger partial charge in [0.25, 0.3) is 0 Å². The molecule has 10 rings (SSSR count). The number of imidazole rings is 1. The van der Waals surface area contributed by atoms with Crippen LogP contribution in [0.25, 0.3) is 72.4 Å². The van der Waals surface area contributed by atoms with E-state index in [9.17, 15) is 0 Å². The second-order valence-electron chi connectivity index (χ2n) is 17.4. The van der Waals surface area contributed by atoms with Crippen LogP contribution in [-0.4, -0.2) is 22.6 Å². The van der Waals surface area contributed by atoms with E-state index < -0.39 is 8.07 Å². The molecule has 0 bridgehead atoms. The summed E-state index contributed by atoms with van der Waals surface area (Å²) in [6.45, 7) is 11.8. The van der Waals surface area contributed by atoms with Gasteiger partial charge in [0.2, 0.25) is 0 Å². The van der Waals surface area contributed by atoms with Crippen molar-refractivity contribution in [3.63, 3.8) is 0 Å². The number of rotatable bonds is 8. The smallest absolute Gasteiger partial charge is 0.120 e. The van der Waals surface area contributed by atoms with Crippen molar-refractivity contribution in [2.75, 3.05) is 0 Å². The number of aromatic nitrogens is 3. The third kappa shape index (κ3) is 8.34. The van der Waals surface area contributed by atoms with Gasteiger partial charge in [-0.1, -0.05) is 167 Å². The van der Waals surface area contributed by atoms with E-state index in [2.05, 4.69) is 160 Å². The second kappa shape index (κ2) is 17.7. The molecular weight excluding hydrogens is 927 g/mol. The molecule has 0 saturated heterocycles. The van der Waals surface area contributed by atoms with Gasteiger partial charge in [-0.3, -0.25) is 4.98 Å². The number of fused-ring (bicyclic) bond motifs is 4. The summed E-state index contributed by atoms with van der Waals surface area (Å²) >= 11 is 0. The molecule has 0 N–H and O–H groups in total. The molecule has 4 nitrogen and oxygen atoms in total. The molecule has 6 aromatic carbocycles. The molecule has 60 heavy (non-hydrogen) atoms. The first-order valence-electron chi connectivity index (χ1n) is 21.2. The molecule has 0 aliphatic heterocycles. The summed E-state index contributed by atoms with van der Waals surface area (Å²) in [4.78, 5) is 9.91. The fourth-order valence-corrected chi connectivity index (χ4v) is 10.4. The van der Waals surface area contributed by atoms with E-state index in [1.807, 2.05) is 36.4 Å². The van der Waals surface area contributed by atoms with Gasteiger partial charge in [-0.2, -0.15) is 0 Å². The van der Waals surface area contributed by atoms with Crippen LogP contribution >= 0.6 is 0 Å². The van der Waals surface area contributed by atoms with Crippen LogP contribution in [0.1, 0.15) is 56.6 Å². The standard InChI is InChI=1S/C31H19N2O.C23H32NSi.Ir/c1-2-11-21(12-3-1)22-13-4-7-18-27(22)33-28-19-8-6-17-26(28)32-31(33)25-16-10-15-24-23-14-5-9-20-29(23)34-30(24)25;1-17(2)19-10-12-20(13-11-19)22-15-21(14-18-8-6-7-9-18)23(16-24-22)25(3,4)5;/h1-15,17-20H;10-12,15-18H,6-9,14H2,1-5H3;/q2*-1;. The first kappa shape index (κ1) is 41.3. The monoisotopic (exact) mass is 978 g/mol. The summed E-state index contributed by atoms with van der Waals surface area (Å²) in [6.07, 6.45) is 9.04. The van der Waals surface area contributed by atoms with E-state index >= 15 is 0 Å². The van der Waals surface area contributed by atoms with Crippen molar-refractivity contribution in [1.29, 1.82) is 0 Å². The Bertz CT molecular complexity index is 2880. The van der Waals surface area contributed by atoms with E-state index in [1.54, 1.807) is 10.8 Å². The van der Waals surface area contributed by atoms with Crippen molar-refractivity contribution >= 4 is 46.2 Å². The molecule has 0 unspecified atom stereocenters. The molecule has 303 valence electrons. The average Bonchev–Trinajstić information content (AvgIpc) is 4.02. The molecule has 1 saturated carbocycles. The number of benzene rings is 6. The second-order valence-corrected chi connectivity index (χ2v) is 22.4. The Morgan fingerprint density at radius 1 is 0.783 bits per heavy atom. The SMILES string of the molecule is CC(C)c1c[c-]c(-c2cc(CC3CCCC3)c([Si](C)(C)C)cn2)cc1.[Ir].[c-]1ccc2c(oc3ccccc32)c1-c1nc2ccccc2n1-c1ccccc1-c1ccccc1. The predicted molar refractivity (Wildman–Crippen MR) is 249 cm³/mol. The maximum Gasteiger partial charge on any atom is 0.120 e. The van der Waals surface area contributed by atoms with Crippen LogP contribution in [0.15, 0.2) is 150 Å². The fourth-order valence-electron chi connectivity index (χ4n) is 8.79. The summed E-state index contributed by atoms with van der Waals surface area (Å²) in [5.41, 5.74) is 13.0. The van der Waals surface area contributed by atoms with Crippen molar-refractivity contribution in [2.24, 2.45) is 5.92 Å².